The maximum Gasteiger partial charge on any atom is 0.305 e. The molecule has 0 spiro atoms. The minimum Gasteiger partial charge on any atom is -0.447 e. The van der Waals surface area contributed by atoms with E-state index in [1.54, 1.807) is 19.1 Å². The maximum atomic E-state index is 13.8. The summed E-state index contributed by atoms with van der Waals surface area (Å²) in [4.78, 5) is 31.1. The maximum absolute atomic E-state index is 13.8. The van der Waals surface area contributed by atoms with E-state index in [-0.39, 0.29) is 17.8 Å². The molecule has 2 N–H and O–H groups in total. The van der Waals surface area contributed by atoms with Gasteiger partial charge in [-0.1, -0.05) is 12.1 Å². The van der Waals surface area contributed by atoms with Gasteiger partial charge in [-0.25, -0.2) is 9.37 Å². The normalized spacial score (nSPS) is 14.2. The molecular weight excluding hydrogens is 399 g/mol. The number of thiazole rings is 1. The number of ether oxygens (including phenoxy) is 1. The van der Waals surface area contributed by atoms with E-state index in [1.165, 1.54) is 17.4 Å². The van der Waals surface area contributed by atoms with Gasteiger partial charge in [-0.15, -0.1) is 11.3 Å². The number of rotatable bonds is 4. The van der Waals surface area contributed by atoms with Crippen LogP contribution in [0.1, 0.15) is 21.8 Å². The Bertz CT molecular complexity index is 1060. The minimum atomic E-state index is -0.654. The summed E-state index contributed by atoms with van der Waals surface area (Å²) in [6.45, 7) is 4.52. The highest BCUT2D eigenvalue weighted by molar-refractivity contribution is 7.13. The summed E-state index contributed by atoms with van der Waals surface area (Å²) in [5.74, 6) is -1.67. The van der Waals surface area contributed by atoms with Crippen molar-refractivity contribution in [3.63, 3.8) is 0 Å². The van der Waals surface area contributed by atoms with Crippen LogP contribution in [0.15, 0.2) is 28.0 Å². The Morgan fingerprint density at radius 1 is 1.28 bits per heavy atom. The van der Waals surface area contributed by atoms with E-state index in [2.05, 4.69) is 20.7 Å². The van der Waals surface area contributed by atoms with Crippen LogP contribution in [0.4, 0.5) is 9.52 Å². The molecule has 3 heterocycles. The van der Waals surface area contributed by atoms with Gasteiger partial charge in [0.25, 0.3) is 0 Å². The lowest BCUT2D eigenvalue weighted by Gasteiger charge is -2.26. The molecule has 0 saturated carbocycles. The van der Waals surface area contributed by atoms with Gasteiger partial charge in [0.1, 0.15) is 0 Å². The Morgan fingerprint density at radius 3 is 2.83 bits per heavy atom. The van der Waals surface area contributed by atoms with Crippen LogP contribution in [0.25, 0.3) is 11.0 Å². The molecule has 1 aliphatic rings. The Kier molecular flexibility index (Phi) is 5.45. The van der Waals surface area contributed by atoms with Crippen LogP contribution < -0.4 is 15.8 Å². The van der Waals surface area contributed by atoms with Crippen molar-refractivity contribution in [2.75, 3.05) is 31.2 Å². The summed E-state index contributed by atoms with van der Waals surface area (Å²) in [5.41, 5.74) is 5.78. The second-order valence-electron chi connectivity index (χ2n) is 6.57. The third-order valence-electron chi connectivity index (χ3n) is 4.60. The number of carbonyl (C=O) groups is 2. The standard InChI is InChI=1S/C19H19FN4O4S/c1-11-13-3-2-4-14(20)17(13)28-16(11)18(26)23-22-15(25)9-12-10-29-19(21-12)24-5-7-27-8-6-24/h2-4,10H,5-9H2,1H3,(H,22,25)(H,23,26). The summed E-state index contributed by atoms with van der Waals surface area (Å²) < 4.78 is 24.5. The number of hydrogen-bond donors (Lipinski definition) is 2. The van der Waals surface area contributed by atoms with Gasteiger partial charge in [-0.05, 0) is 13.0 Å². The fourth-order valence-electron chi connectivity index (χ4n) is 3.09. The molecule has 0 unspecified atom stereocenters. The van der Waals surface area contributed by atoms with Crippen molar-refractivity contribution in [2.45, 2.75) is 13.3 Å². The van der Waals surface area contributed by atoms with Gasteiger partial charge in [0.2, 0.25) is 5.91 Å². The number of para-hydroxylation sites is 1. The molecule has 1 aliphatic heterocycles. The molecule has 1 fully saturated rings. The summed E-state index contributed by atoms with van der Waals surface area (Å²) in [7, 11) is 0. The van der Waals surface area contributed by atoms with E-state index in [0.29, 0.717) is 29.9 Å². The first-order chi connectivity index (χ1) is 14.0. The van der Waals surface area contributed by atoms with Gasteiger partial charge >= 0.3 is 5.91 Å². The molecule has 1 aromatic carbocycles. The topological polar surface area (TPSA) is 96.7 Å². The molecule has 2 aromatic heterocycles. The smallest absolute Gasteiger partial charge is 0.305 e. The lowest BCUT2D eigenvalue weighted by atomic mass is 10.1. The van der Waals surface area contributed by atoms with Crippen LogP contribution in [0.5, 0.6) is 0 Å². The van der Waals surface area contributed by atoms with E-state index >= 15 is 0 Å². The first kappa shape index (κ1) is 19.3. The Morgan fingerprint density at radius 2 is 2.07 bits per heavy atom. The second-order valence-corrected chi connectivity index (χ2v) is 7.41. The second kappa shape index (κ2) is 8.18. The average molecular weight is 418 g/mol. The zero-order chi connectivity index (χ0) is 20.4. The van der Waals surface area contributed by atoms with Crippen LogP contribution in [0.3, 0.4) is 0 Å². The van der Waals surface area contributed by atoms with Crippen LogP contribution >= 0.6 is 11.3 Å². The Labute approximate surface area is 169 Å². The molecule has 4 rings (SSSR count). The number of aryl methyl sites for hydroxylation is 1. The number of anilines is 1. The fraction of sp³-hybridized carbons (Fsp3) is 0.316. The van der Waals surface area contributed by atoms with Crippen molar-refractivity contribution in [3.8, 4) is 0 Å². The predicted octanol–water partition coefficient (Wildman–Crippen LogP) is 2.18. The van der Waals surface area contributed by atoms with Gasteiger partial charge in [-0.2, -0.15) is 0 Å². The Balaban J connectivity index is 1.35. The number of nitrogens with zero attached hydrogens (tertiary/aromatic N) is 2. The van der Waals surface area contributed by atoms with Crippen LogP contribution in [-0.2, 0) is 16.0 Å². The van der Waals surface area contributed by atoms with E-state index in [4.69, 9.17) is 9.15 Å². The van der Waals surface area contributed by atoms with Gasteiger partial charge < -0.3 is 14.1 Å². The lowest BCUT2D eigenvalue weighted by Crippen LogP contribution is -2.42. The van der Waals surface area contributed by atoms with Gasteiger partial charge in [0.05, 0.1) is 25.3 Å². The van der Waals surface area contributed by atoms with E-state index < -0.39 is 17.6 Å². The molecular formula is C19H19FN4O4S. The lowest BCUT2D eigenvalue weighted by molar-refractivity contribution is -0.121. The largest absolute Gasteiger partial charge is 0.447 e. The molecule has 2 amide bonds. The zero-order valence-electron chi connectivity index (χ0n) is 15.7. The number of aromatic nitrogens is 1. The first-order valence-corrected chi connectivity index (χ1v) is 9.95. The molecule has 0 aliphatic carbocycles. The minimum absolute atomic E-state index is 0.0135. The number of nitrogens with one attached hydrogen (secondary N) is 2. The molecule has 3 aromatic rings. The molecule has 1 saturated heterocycles. The van der Waals surface area contributed by atoms with Crippen LogP contribution in [-0.4, -0.2) is 43.1 Å². The molecule has 0 atom stereocenters. The highest BCUT2D eigenvalue weighted by atomic mass is 32.1. The number of hydrazine groups is 1. The predicted molar refractivity (Wildman–Crippen MR) is 105 cm³/mol. The number of fused-ring (bicyclic) bond motifs is 1. The van der Waals surface area contributed by atoms with E-state index in [9.17, 15) is 14.0 Å². The summed E-state index contributed by atoms with van der Waals surface area (Å²) in [6, 6.07) is 4.47. The first-order valence-electron chi connectivity index (χ1n) is 9.07. The molecule has 152 valence electrons. The summed E-state index contributed by atoms with van der Waals surface area (Å²) >= 11 is 1.47. The van der Waals surface area contributed by atoms with Gasteiger partial charge in [0.15, 0.2) is 22.3 Å². The molecule has 8 nitrogen and oxygen atoms in total. The number of amides is 2. The average Bonchev–Trinajstić information content (AvgIpc) is 3.33. The highest BCUT2D eigenvalue weighted by Crippen LogP contribution is 2.27. The zero-order valence-corrected chi connectivity index (χ0v) is 16.5. The van der Waals surface area contributed by atoms with Crippen molar-refractivity contribution < 1.29 is 23.1 Å². The highest BCUT2D eigenvalue weighted by Gasteiger charge is 2.20. The monoisotopic (exact) mass is 418 g/mol. The van der Waals surface area contributed by atoms with Crippen molar-refractivity contribution in [1.29, 1.82) is 0 Å². The molecule has 0 bridgehead atoms. The van der Waals surface area contributed by atoms with Crippen molar-refractivity contribution in [1.82, 2.24) is 15.8 Å². The van der Waals surface area contributed by atoms with Gasteiger partial charge in [-0.3, -0.25) is 20.4 Å². The third-order valence-corrected chi connectivity index (χ3v) is 5.55. The molecule has 10 heteroatoms. The third kappa shape index (κ3) is 4.08. The Hall–Kier alpha value is -2.98. The van der Waals surface area contributed by atoms with Crippen molar-refractivity contribution in [2.24, 2.45) is 0 Å². The number of halogens is 1. The quantitative estimate of drug-likeness (QED) is 0.631. The number of benzene rings is 1. The fourth-order valence-corrected chi connectivity index (χ4v) is 3.97. The van der Waals surface area contributed by atoms with Crippen molar-refractivity contribution >= 4 is 39.3 Å². The molecule has 0 radical (unpaired) electrons. The van der Waals surface area contributed by atoms with Crippen LogP contribution in [0, 0.1) is 12.7 Å². The number of furan rings is 1. The van der Waals surface area contributed by atoms with Crippen molar-refractivity contribution in [3.05, 3.63) is 46.4 Å². The summed E-state index contributed by atoms with van der Waals surface area (Å²) in [6.07, 6.45) is 0.0227. The van der Waals surface area contributed by atoms with E-state index in [0.717, 1.165) is 18.2 Å². The number of hydrogen-bond acceptors (Lipinski definition) is 7. The van der Waals surface area contributed by atoms with Gasteiger partial charge in [0, 0.05) is 29.4 Å². The summed E-state index contributed by atoms with van der Waals surface area (Å²) in [5, 5.41) is 3.18. The van der Waals surface area contributed by atoms with Crippen LogP contribution in [0.2, 0.25) is 0 Å². The SMILES string of the molecule is Cc1c(C(=O)NNC(=O)Cc2csc(N3CCOCC3)n2)oc2c(F)cccc12. The number of carbonyl (C=O) groups excluding carboxylic acids is 2. The molecule has 29 heavy (non-hydrogen) atoms. The number of morpholine rings is 1. The van der Waals surface area contributed by atoms with E-state index in [1.807, 2.05) is 5.38 Å².